The third-order valence-corrected chi connectivity index (χ3v) is 6.48. The maximum absolute atomic E-state index is 6.06. The number of aryl methyl sites for hydroxylation is 1. The van der Waals surface area contributed by atoms with Crippen LogP contribution in [0.2, 0.25) is 5.15 Å². The van der Waals surface area contributed by atoms with Crippen LogP contribution in [0.3, 0.4) is 0 Å². The molecule has 0 spiro atoms. The van der Waals surface area contributed by atoms with Gasteiger partial charge in [-0.1, -0.05) is 24.6 Å². The molecule has 4 aromatic rings. The second-order valence-electron chi connectivity index (χ2n) is 8.43. The number of piperidine rings is 1. The summed E-state index contributed by atoms with van der Waals surface area (Å²) >= 11 is 6.06. The van der Waals surface area contributed by atoms with Crippen LogP contribution >= 0.6 is 11.6 Å². The fraction of sp³-hybridized carbons (Fsp3) is 0.308. The highest BCUT2D eigenvalue weighted by Crippen LogP contribution is 2.34. The molecule has 1 fully saturated rings. The molecule has 1 N–H and O–H groups in total. The summed E-state index contributed by atoms with van der Waals surface area (Å²) in [6.07, 6.45) is 6.14. The first-order chi connectivity index (χ1) is 16.6. The number of fused-ring (bicyclic) bond motifs is 1. The van der Waals surface area contributed by atoms with Gasteiger partial charge in [0.05, 0.1) is 12.8 Å². The Kier molecular flexibility index (Phi) is 6.45. The van der Waals surface area contributed by atoms with Crippen LogP contribution < -0.4 is 15.0 Å². The van der Waals surface area contributed by atoms with E-state index in [0.29, 0.717) is 11.2 Å². The van der Waals surface area contributed by atoms with Crippen molar-refractivity contribution < 1.29 is 4.74 Å². The molecule has 1 saturated heterocycles. The Morgan fingerprint density at radius 3 is 2.68 bits per heavy atom. The van der Waals surface area contributed by atoms with E-state index in [1.807, 2.05) is 24.4 Å². The first-order valence-electron chi connectivity index (χ1n) is 11.6. The summed E-state index contributed by atoms with van der Waals surface area (Å²) in [6.45, 7) is 3.87. The van der Waals surface area contributed by atoms with E-state index in [1.54, 1.807) is 7.11 Å². The third-order valence-electron chi connectivity index (χ3n) is 6.28. The molecule has 0 atom stereocenters. The van der Waals surface area contributed by atoms with Crippen molar-refractivity contribution >= 4 is 33.9 Å². The van der Waals surface area contributed by atoms with E-state index in [-0.39, 0.29) is 0 Å². The van der Waals surface area contributed by atoms with Crippen LogP contribution in [0.25, 0.3) is 22.0 Å². The SMILES string of the molecule is CCc1nccc(-c2cc(NC3CCN(c4cc(Cl)ncn4)CC3)c3cc(OC)ccc3c2)n1. The molecule has 0 aliphatic carbocycles. The highest BCUT2D eigenvalue weighted by molar-refractivity contribution is 6.29. The lowest BCUT2D eigenvalue weighted by Crippen LogP contribution is -2.39. The summed E-state index contributed by atoms with van der Waals surface area (Å²) in [7, 11) is 1.70. The van der Waals surface area contributed by atoms with E-state index in [9.17, 15) is 0 Å². The summed E-state index contributed by atoms with van der Waals surface area (Å²) in [5, 5.41) is 6.56. The van der Waals surface area contributed by atoms with Gasteiger partial charge in [-0.05, 0) is 48.6 Å². The standard InChI is InChI=1S/C26H27ClN6O/c1-3-25-28-9-6-22(32-25)18-12-17-4-5-20(34-2)14-21(17)23(13-18)31-19-7-10-33(11-8-19)26-15-24(27)29-16-30-26/h4-6,9,12-16,19,31H,3,7-8,10-11H2,1-2H3. The minimum atomic E-state index is 0.342. The molecular weight excluding hydrogens is 448 g/mol. The third kappa shape index (κ3) is 4.75. The Morgan fingerprint density at radius 2 is 1.91 bits per heavy atom. The summed E-state index contributed by atoms with van der Waals surface area (Å²) in [6, 6.07) is 14.7. The molecule has 1 aliphatic heterocycles. The fourth-order valence-electron chi connectivity index (χ4n) is 4.43. The van der Waals surface area contributed by atoms with Crippen LogP contribution in [-0.4, -0.2) is 46.2 Å². The number of ether oxygens (including phenoxy) is 1. The number of rotatable bonds is 6. The molecule has 8 heteroatoms. The van der Waals surface area contributed by atoms with Crippen molar-refractivity contribution in [1.82, 2.24) is 19.9 Å². The number of hydrogen-bond donors (Lipinski definition) is 1. The summed E-state index contributed by atoms with van der Waals surface area (Å²) in [5.74, 6) is 2.57. The number of nitrogens with one attached hydrogen (secondary N) is 1. The quantitative estimate of drug-likeness (QED) is 0.375. The van der Waals surface area contributed by atoms with Crippen LogP contribution in [0.15, 0.2) is 55.0 Å². The van der Waals surface area contributed by atoms with Gasteiger partial charge in [0.2, 0.25) is 0 Å². The maximum Gasteiger partial charge on any atom is 0.134 e. The van der Waals surface area contributed by atoms with Crippen LogP contribution in [0, 0.1) is 0 Å². The second kappa shape index (κ2) is 9.81. The molecule has 34 heavy (non-hydrogen) atoms. The zero-order valence-electron chi connectivity index (χ0n) is 19.3. The number of hydrogen-bond acceptors (Lipinski definition) is 7. The summed E-state index contributed by atoms with van der Waals surface area (Å²) in [5.41, 5.74) is 3.10. The number of methoxy groups -OCH3 is 1. The molecular formula is C26H27ClN6O. The molecule has 2 aromatic carbocycles. The smallest absolute Gasteiger partial charge is 0.134 e. The van der Waals surface area contributed by atoms with Gasteiger partial charge in [-0.2, -0.15) is 0 Å². The number of anilines is 2. The molecule has 174 valence electrons. The largest absolute Gasteiger partial charge is 0.497 e. The van der Waals surface area contributed by atoms with Crippen molar-refractivity contribution in [3.63, 3.8) is 0 Å². The molecule has 0 amide bonds. The Morgan fingerprint density at radius 1 is 1.06 bits per heavy atom. The molecule has 3 heterocycles. The van der Waals surface area contributed by atoms with Gasteiger partial charge in [0, 0.05) is 54.5 Å². The topological polar surface area (TPSA) is 76.1 Å². The number of benzene rings is 2. The van der Waals surface area contributed by atoms with E-state index in [2.05, 4.69) is 56.4 Å². The van der Waals surface area contributed by atoms with E-state index in [4.69, 9.17) is 21.3 Å². The van der Waals surface area contributed by atoms with Gasteiger partial charge in [-0.15, -0.1) is 0 Å². The molecule has 1 aliphatic rings. The van der Waals surface area contributed by atoms with Crippen molar-refractivity contribution in [2.75, 3.05) is 30.4 Å². The van der Waals surface area contributed by atoms with E-state index >= 15 is 0 Å². The van der Waals surface area contributed by atoms with Crippen molar-refractivity contribution in [3.05, 3.63) is 66.0 Å². The lowest BCUT2D eigenvalue weighted by atomic mass is 9.99. The molecule has 5 rings (SSSR count). The molecule has 0 unspecified atom stereocenters. The van der Waals surface area contributed by atoms with Crippen LogP contribution in [0.4, 0.5) is 11.5 Å². The first kappa shape index (κ1) is 22.3. The first-order valence-corrected chi connectivity index (χ1v) is 11.9. The molecule has 2 aromatic heterocycles. The summed E-state index contributed by atoms with van der Waals surface area (Å²) < 4.78 is 5.51. The van der Waals surface area contributed by atoms with Gasteiger partial charge in [0.1, 0.15) is 28.9 Å². The van der Waals surface area contributed by atoms with Gasteiger partial charge >= 0.3 is 0 Å². The van der Waals surface area contributed by atoms with Crippen molar-refractivity contribution in [2.24, 2.45) is 0 Å². The van der Waals surface area contributed by atoms with Crippen LogP contribution in [-0.2, 0) is 6.42 Å². The van der Waals surface area contributed by atoms with Gasteiger partial charge in [0.25, 0.3) is 0 Å². The predicted octanol–water partition coefficient (Wildman–Crippen LogP) is 5.39. The molecule has 0 saturated carbocycles. The van der Waals surface area contributed by atoms with E-state index < -0.39 is 0 Å². The Balaban J connectivity index is 1.43. The normalized spacial score (nSPS) is 14.4. The van der Waals surface area contributed by atoms with Crippen molar-refractivity contribution in [3.8, 4) is 17.0 Å². The average molecular weight is 475 g/mol. The maximum atomic E-state index is 6.06. The average Bonchev–Trinajstić information content (AvgIpc) is 2.89. The van der Waals surface area contributed by atoms with Crippen molar-refractivity contribution in [1.29, 1.82) is 0 Å². The lowest BCUT2D eigenvalue weighted by molar-refractivity contribution is 0.415. The monoisotopic (exact) mass is 474 g/mol. The predicted molar refractivity (Wildman–Crippen MR) is 137 cm³/mol. The Hall–Kier alpha value is -3.45. The van der Waals surface area contributed by atoms with Gasteiger partial charge < -0.3 is 15.0 Å². The number of halogens is 1. The van der Waals surface area contributed by atoms with E-state index in [0.717, 1.165) is 77.5 Å². The number of nitrogens with zero attached hydrogens (tertiary/aromatic N) is 5. The zero-order valence-corrected chi connectivity index (χ0v) is 20.1. The molecule has 0 radical (unpaired) electrons. The highest BCUT2D eigenvalue weighted by atomic mass is 35.5. The van der Waals surface area contributed by atoms with Gasteiger partial charge in [0.15, 0.2) is 0 Å². The van der Waals surface area contributed by atoms with Gasteiger partial charge in [-0.25, -0.2) is 19.9 Å². The second-order valence-corrected chi connectivity index (χ2v) is 8.81. The molecule has 7 nitrogen and oxygen atoms in total. The molecule has 0 bridgehead atoms. The Bertz CT molecular complexity index is 1310. The van der Waals surface area contributed by atoms with Crippen molar-refractivity contribution in [2.45, 2.75) is 32.2 Å². The Labute approximate surface area is 204 Å². The van der Waals surface area contributed by atoms with Crippen LogP contribution in [0.1, 0.15) is 25.6 Å². The van der Waals surface area contributed by atoms with Crippen LogP contribution in [0.5, 0.6) is 5.75 Å². The minimum absolute atomic E-state index is 0.342. The lowest BCUT2D eigenvalue weighted by Gasteiger charge is -2.34. The summed E-state index contributed by atoms with van der Waals surface area (Å²) in [4.78, 5) is 19.7. The highest BCUT2D eigenvalue weighted by Gasteiger charge is 2.21. The minimum Gasteiger partial charge on any atom is -0.497 e. The number of aromatic nitrogens is 4. The van der Waals surface area contributed by atoms with E-state index in [1.165, 1.54) is 6.33 Å². The van der Waals surface area contributed by atoms with Gasteiger partial charge in [-0.3, -0.25) is 0 Å². The zero-order chi connectivity index (χ0) is 23.5. The fourth-order valence-corrected chi connectivity index (χ4v) is 4.57.